The summed E-state index contributed by atoms with van der Waals surface area (Å²) in [6.45, 7) is 0. The second kappa shape index (κ2) is 5.03. The van der Waals surface area contributed by atoms with Gasteiger partial charge in [-0.2, -0.15) is 4.98 Å². The minimum absolute atomic E-state index is 0.264. The molecule has 0 fully saturated rings. The molecule has 0 amide bonds. The fourth-order valence-corrected chi connectivity index (χ4v) is 2.35. The molecule has 1 aliphatic carbocycles. The molecule has 6 heteroatoms. The van der Waals surface area contributed by atoms with E-state index in [1.165, 1.54) is 23.7 Å². The number of nitrogens with two attached hydrogens (primary N) is 1. The highest BCUT2D eigenvalue weighted by atomic mass is 35.5. The third kappa shape index (κ3) is 2.47. The topological polar surface area (TPSA) is 73.1 Å². The van der Waals surface area contributed by atoms with Gasteiger partial charge in [-0.3, -0.25) is 5.43 Å². The molecule has 1 aromatic carbocycles. The lowest BCUT2D eigenvalue weighted by atomic mass is 10.1. The van der Waals surface area contributed by atoms with Crippen LogP contribution < -0.4 is 16.0 Å². The van der Waals surface area contributed by atoms with E-state index in [0.717, 1.165) is 18.6 Å². The van der Waals surface area contributed by atoms with Crippen molar-refractivity contribution in [1.29, 1.82) is 0 Å². The molecule has 1 aromatic heterocycles. The normalized spacial score (nSPS) is 13.2. The van der Waals surface area contributed by atoms with Crippen LogP contribution in [0.2, 0.25) is 5.02 Å². The molecule has 3 rings (SSSR count). The Labute approximate surface area is 115 Å². The fraction of sp³-hybridized carbons (Fsp3) is 0.231. The number of rotatable bonds is 3. The van der Waals surface area contributed by atoms with Crippen LogP contribution >= 0.6 is 11.6 Å². The lowest BCUT2D eigenvalue weighted by molar-refractivity contribution is 0.462. The number of aryl methyl sites for hydroxylation is 2. The molecule has 98 valence electrons. The van der Waals surface area contributed by atoms with Crippen LogP contribution in [0.1, 0.15) is 17.5 Å². The maximum absolute atomic E-state index is 6.00. The zero-order valence-corrected chi connectivity index (χ0v) is 10.9. The number of aromatic nitrogens is 2. The maximum Gasteiger partial charge on any atom is 0.243 e. The molecule has 19 heavy (non-hydrogen) atoms. The van der Waals surface area contributed by atoms with Gasteiger partial charge in [0.15, 0.2) is 0 Å². The standard InChI is InChI=1S/C13H13ClN4O/c14-11-7-16-13(18-15)17-12(11)19-10-5-4-8-2-1-3-9(8)6-10/h4-7H,1-3,15H2,(H,16,17,18). The van der Waals surface area contributed by atoms with Gasteiger partial charge in [0.1, 0.15) is 10.8 Å². The summed E-state index contributed by atoms with van der Waals surface area (Å²) < 4.78 is 5.70. The summed E-state index contributed by atoms with van der Waals surface area (Å²) in [6, 6.07) is 6.06. The molecular weight excluding hydrogens is 264 g/mol. The van der Waals surface area contributed by atoms with Gasteiger partial charge in [-0.25, -0.2) is 10.8 Å². The van der Waals surface area contributed by atoms with Crippen molar-refractivity contribution >= 4 is 17.5 Å². The van der Waals surface area contributed by atoms with Gasteiger partial charge in [0.25, 0.3) is 0 Å². The van der Waals surface area contributed by atoms with Crippen molar-refractivity contribution in [3.8, 4) is 11.6 Å². The van der Waals surface area contributed by atoms with Gasteiger partial charge >= 0.3 is 0 Å². The first-order valence-electron chi connectivity index (χ1n) is 6.05. The number of nitrogen functional groups attached to an aromatic ring is 1. The third-order valence-electron chi connectivity index (χ3n) is 3.13. The van der Waals surface area contributed by atoms with Gasteiger partial charge in [0.05, 0.1) is 6.20 Å². The number of nitrogens with zero attached hydrogens (tertiary/aromatic N) is 2. The zero-order valence-electron chi connectivity index (χ0n) is 10.2. The van der Waals surface area contributed by atoms with Crippen LogP contribution in [0.15, 0.2) is 24.4 Å². The molecule has 0 saturated heterocycles. The molecule has 0 bridgehead atoms. The number of anilines is 1. The minimum atomic E-state index is 0.264. The second-order valence-electron chi connectivity index (χ2n) is 4.38. The van der Waals surface area contributed by atoms with Crippen LogP contribution in [0.4, 0.5) is 5.95 Å². The lowest BCUT2D eigenvalue weighted by Crippen LogP contribution is -2.10. The highest BCUT2D eigenvalue weighted by molar-refractivity contribution is 6.31. The monoisotopic (exact) mass is 276 g/mol. The molecule has 0 unspecified atom stereocenters. The van der Waals surface area contributed by atoms with Gasteiger partial charge in [-0.15, -0.1) is 0 Å². The van der Waals surface area contributed by atoms with E-state index in [1.54, 1.807) is 0 Å². The van der Waals surface area contributed by atoms with E-state index in [-0.39, 0.29) is 5.95 Å². The Morgan fingerprint density at radius 1 is 1.26 bits per heavy atom. The number of hydrogen-bond donors (Lipinski definition) is 2. The predicted octanol–water partition coefficient (Wildman–Crippen LogP) is 2.70. The first-order valence-corrected chi connectivity index (χ1v) is 6.43. The molecular formula is C13H13ClN4O. The Morgan fingerprint density at radius 2 is 2.11 bits per heavy atom. The van der Waals surface area contributed by atoms with Crippen molar-refractivity contribution in [3.05, 3.63) is 40.5 Å². The first kappa shape index (κ1) is 12.2. The number of benzene rings is 1. The fourth-order valence-electron chi connectivity index (χ4n) is 2.22. The van der Waals surface area contributed by atoms with E-state index < -0.39 is 0 Å². The number of hydrogen-bond acceptors (Lipinski definition) is 5. The summed E-state index contributed by atoms with van der Waals surface area (Å²) in [4.78, 5) is 7.98. The Balaban J connectivity index is 1.88. The highest BCUT2D eigenvalue weighted by Crippen LogP contribution is 2.31. The smallest absolute Gasteiger partial charge is 0.243 e. The van der Waals surface area contributed by atoms with Crippen LogP contribution in [0.25, 0.3) is 0 Å². The van der Waals surface area contributed by atoms with Gasteiger partial charge in [0.2, 0.25) is 11.8 Å². The Morgan fingerprint density at radius 3 is 2.95 bits per heavy atom. The van der Waals surface area contributed by atoms with Gasteiger partial charge in [0, 0.05) is 0 Å². The van der Waals surface area contributed by atoms with Crippen molar-refractivity contribution in [2.45, 2.75) is 19.3 Å². The number of halogens is 1. The van der Waals surface area contributed by atoms with Gasteiger partial charge in [-0.05, 0) is 42.5 Å². The summed E-state index contributed by atoms with van der Waals surface area (Å²) >= 11 is 6.00. The highest BCUT2D eigenvalue weighted by Gasteiger charge is 2.13. The van der Waals surface area contributed by atoms with E-state index in [9.17, 15) is 0 Å². The molecule has 5 nitrogen and oxygen atoms in total. The van der Waals surface area contributed by atoms with E-state index in [2.05, 4.69) is 21.5 Å². The van der Waals surface area contributed by atoms with Crippen LogP contribution in [-0.4, -0.2) is 9.97 Å². The predicted molar refractivity (Wildman–Crippen MR) is 73.4 cm³/mol. The third-order valence-corrected chi connectivity index (χ3v) is 3.38. The summed E-state index contributed by atoms with van der Waals surface area (Å²) in [7, 11) is 0. The summed E-state index contributed by atoms with van der Waals surface area (Å²) in [6.07, 6.45) is 4.89. The van der Waals surface area contributed by atoms with Crippen LogP contribution in [-0.2, 0) is 12.8 Å². The molecule has 0 aliphatic heterocycles. The Kier molecular flexibility index (Phi) is 3.23. The molecule has 2 aromatic rings. The summed E-state index contributed by atoms with van der Waals surface area (Å²) in [5.74, 6) is 6.55. The average molecular weight is 277 g/mol. The molecule has 0 saturated carbocycles. The summed E-state index contributed by atoms with van der Waals surface area (Å²) in [5.41, 5.74) is 5.09. The van der Waals surface area contributed by atoms with Gasteiger partial charge in [-0.1, -0.05) is 17.7 Å². The first-order chi connectivity index (χ1) is 9.26. The Bertz CT molecular complexity index is 618. The Hall–Kier alpha value is -1.85. The SMILES string of the molecule is NNc1ncc(Cl)c(Oc2ccc3c(c2)CCC3)n1. The van der Waals surface area contributed by atoms with Crippen LogP contribution in [0, 0.1) is 0 Å². The molecule has 0 atom stereocenters. The van der Waals surface area contributed by atoms with Crippen LogP contribution in [0.3, 0.4) is 0 Å². The van der Waals surface area contributed by atoms with E-state index in [0.29, 0.717) is 10.9 Å². The zero-order chi connectivity index (χ0) is 13.2. The summed E-state index contributed by atoms with van der Waals surface area (Å²) in [5, 5.41) is 0.347. The van der Waals surface area contributed by atoms with E-state index >= 15 is 0 Å². The number of fused-ring (bicyclic) bond motifs is 1. The number of nitrogens with one attached hydrogen (secondary N) is 1. The molecule has 3 N–H and O–H groups in total. The molecule has 1 aliphatic rings. The minimum Gasteiger partial charge on any atom is -0.437 e. The van der Waals surface area contributed by atoms with Crippen molar-refractivity contribution in [3.63, 3.8) is 0 Å². The second-order valence-corrected chi connectivity index (χ2v) is 4.78. The molecule has 0 radical (unpaired) electrons. The quantitative estimate of drug-likeness (QED) is 0.666. The van der Waals surface area contributed by atoms with Gasteiger partial charge < -0.3 is 4.74 Å². The largest absolute Gasteiger partial charge is 0.437 e. The molecule has 1 heterocycles. The van der Waals surface area contributed by atoms with E-state index in [4.69, 9.17) is 22.2 Å². The van der Waals surface area contributed by atoms with Crippen molar-refractivity contribution in [1.82, 2.24) is 9.97 Å². The maximum atomic E-state index is 6.00. The molecule has 0 spiro atoms. The lowest BCUT2D eigenvalue weighted by Gasteiger charge is -2.09. The number of hydrazine groups is 1. The van der Waals surface area contributed by atoms with Crippen molar-refractivity contribution in [2.75, 3.05) is 5.43 Å². The van der Waals surface area contributed by atoms with Crippen LogP contribution in [0.5, 0.6) is 11.6 Å². The number of ether oxygens (including phenoxy) is 1. The van der Waals surface area contributed by atoms with Crippen molar-refractivity contribution in [2.24, 2.45) is 5.84 Å². The van der Waals surface area contributed by atoms with Crippen molar-refractivity contribution < 1.29 is 4.74 Å². The van der Waals surface area contributed by atoms with E-state index in [1.807, 2.05) is 12.1 Å². The average Bonchev–Trinajstić information content (AvgIpc) is 2.89.